The first-order chi connectivity index (χ1) is 18.5. The number of hydrogen-bond donors (Lipinski definition) is 3. The van der Waals surface area contributed by atoms with Gasteiger partial charge >= 0.3 is 0 Å². The molecule has 0 unspecified atom stereocenters. The van der Waals surface area contributed by atoms with Crippen LogP contribution < -0.4 is 27.1 Å². The highest BCUT2D eigenvalue weighted by Gasteiger charge is 2.21. The van der Waals surface area contributed by atoms with Gasteiger partial charge < -0.3 is 26.4 Å². The van der Waals surface area contributed by atoms with Gasteiger partial charge in [-0.1, -0.05) is 0 Å². The fraction of sp³-hybridized carbons (Fsp3) is 0.280. The molecule has 0 spiro atoms. The lowest BCUT2D eigenvalue weighted by atomic mass is 10.1. The fourth-order valence-electron chi connectivity index (χ4n) is 4.56. The van der Waals surface area contributed by atoms with E-state index in [0.29, 0.717) is 55.6 Å². The molecule has 1 fully saturated rings. The summed E-state index contributed by atoms with van der Waals surface area (Å²) in [7, 11) is 0. The van der Waals surface area contributed by atoms with Crippen LogP contribution in [0.1, 0.15) is 20.9 Å². The van der Waals surface area contributed by atoms with Crippen LogP contribution in [-0.2, 0) is 11.2 Å². The summed E-state index contributed by atoms with van der Waals surface area (Å²) in [5.74, 6) is -0.0147. The molecule has 5 aromatic rings. The second-order valence-corrected chi connectivity index (χ2v) is 11.7. The maximum absolute atomic E-state index is 12.9. The van der Waals surface area contributed by atoms with Crippen LogP contribution in [0.15, 0.2) is 40.1 Å². The number of thiophene rings is 2. The highest BCUT2D eigenvalue weighted by molar-refractivity contribution is 7.28. The minimum atomic E-state index is -0.574. The zero-order chi connectivity index (χ0) is 26.2. The van der Waals surface area contributed by atoms with Gasteiger partial charge in [0.15, 0.2) is 11.1 Å². The van der Waals surface area contributed by atoms with Gasteiger partial charge in [0.2, 0.25) is 5.95 Å². The summed E-state index contributed by atoms with van der Waals surface area (Å²) >= 11 is 4.71. The molecule has 196 valence electrons. The number of carbonyl (C=O) groups is 1. The largest absolute Gasteiger partial charge is 0.378 e. The van der Waals surface area contributed by atoms with E-state index in [9.17, 15) is 9.59 Å². The molecule has 1 amide bonds. The van der Waals surface area contributed by atoms with Crippen molar-refractivity contribution in [2.24, 2.45) is 11.5 Å². The Morgan fingerprint density at radius 2 is 2.00 bits per heavy atom. The first kappa shape index (κ1) is 24.9. The summed E-state index contributed by atoms with van der Waals surface area (Å²) in [5, 5.41) is 8.31. The lowest BCUT2D eigenvalue weighted by Crippen LogP contribution is -2.36. The van der Waals surface area contributed by atoms with Crippen LogP contribution in [0.2, 0.25) is 0 Å². The molecule has 1 aliphatic rings. The lowest BCUT2D eigenvalue weighted by molar-refractivity contribution is 0.1000. The predicted molar refractivity (Wildman–Crippen MR) is 154 cm³/mol. The van der Waals surface area contributed by atoms with Crippen molar-refractivity contribution in [1.82, 2.24) is 14.4 Å². The second kappa shape index (κ2) is 10.4. The molecular formula is C25H25N7O3S3. The number of nitrogens with zero attached hydrogens (tertiary/aromatic N) is 4. The van der Waals surface area contributed by atoms with Crippen molar-refractivity contribution in [2.75, 3.05) is 49.6 Å². The molecule has 0 radical (unpaired) electrons. The van der Waals surface area contributed by atoms with Crippen LogP contribution in [0.5, 0.6) is 0 Å². The van der Waals surface area contributed by atoms with Gasteiger partial charge in [0.25, 0.3) is 5.91 Å². The van der Waals surface area contributed by atoms with Crippen LogP contribution in [0.25, 0.3) is 26.2 Å². The number of primary amides is 1. The zero-order valence-electron chi connectivity index (χ0n) is 20.3. The van der Waals surface area contributed by atoms with Crippen LogP contribution in [0.4, 0.5) is 10.9 Å². The van der Waals surface area contributed by atoms with E-state index in [4.69, 9.17) is 21.2 Å². The molecule has 1 saturated heterocycles. The van der Waals surface area contributed by atoms with Crippen molar-refractivity contribution >= 4 is 65.9 Å². The van der Waals surface area contributed by atoms with Crippen molar-refractivity contribution in [3.05, 3.63) is 61.6 Å². The third kappa shape index (κ3) is 4.56. The van der Waals surface area contributed by atoms with Gasteiger partial charge in [-0.3, -0.25) is 14.0 Å². The number of nitrogens with one attached hydrogen (secondary N) is 1. The van der Waals surface area contributed by atoms with Gasteiger partial charge in [0.1, 0.15) is 5.56 Å². The molecule has 0 bridgehead atoms. The predicted octanol–water partition coefficient (Wildman–Crippen LogP) is 2.99. The number of ether oxygens (including phenoxy) is 1. The minimum absolute atomic E-state index is 0.0488. The van der Waals surface area contributed by atoms with Gasteiger partial charge in [-0.2, -0.15) is 0 Å². The van der Waals surface area contributed by atoms with E-state index in [-0.39, 0.29) is 5.43 Å². The highest BCUT2D eigenvalue weighted by Crippen LogP contribution is 2.40. The summed E-state index contributed by atoms with van der Waals surface area (Å²) < 4.78 is 8.96. The summed E-state index contributed by atoms with van der Waals surface area (Å²) in [6, 6.07) is 3.84. The van der Waals surface area contributed by atoms with Crippen molar-refractivity contribution < 1.29 is 9.53 Å². The Kier molecular flexibility index (Phi) is 6.84. The number of hydrogen-bond acceptors (Lipinski definition) is 11. The van der Waals surface area contributed by atoms with Crippen molar-refractivity contribution in [2.45, 2.75) is 6.42 Å². The van der Waals surface area contributed by atoms with E-state index >= 15 is 0 Å². The molecule has 13 heteroatoms. The number of nitrogens with two attached hydrogens (primary N) is 2. The molecule has 0 atom stereocenters. The number of imidazole rings is 1. The van der Waals surface area contributed by atoms with E-state index < -0.39 is 5.91 Å². The van der Waals surface area contributed by atoms with Crippen LogP contribution in [-0.4, -0.2) is 59.7 Å². The average Bonchev–Trinajstić information content (AvgIpc) is 3.67. The molecule has 6 heterocycles. The first-order valence-corrected chi connectivity index (χ1v) is 14.7. The maximum atomic E-state index is 12.9. The van der Waals surface area contributed by atoms with Crippen LogP contribution in [0, 0.1) is 0 Å². The Morgan fingerprint density at radius 3 is 2.79 bits per heavy atom. The Morgan fingerprint density at radius 1 is 1.16 bits per heavy atom. The number of amides is 1. The summed E-state index contributed by atoms with van der Waals surface area (Å²) in [6.45, 7) is 3.85. The molecule has 38 heavy (non-hydrogen) atoms. The monoisotopic (exact) mass is 567 g/mol. The molecule has 6 rings (SSSR count). The minimum Gasteiger partial charge on any atom is -0.378 e. The number of morpholine rings is 1. The van der Waals surface area contributed by atoms with Gasteiger partial charge in [0.05, 0.1) is 33.3 Å². The van der Waals surface area contributed by atoms with E-state index in [0.717, 1.165) is 43.5 Å². The number of anilines is 2. The topological polar surface area (TPSA) is 141 Å². The number of aromatic nitrogens is 3. The summed E-state index contributed by atoms with van der Waals surface area (Å²) in [4.78, 5) is 37.7. The SMILES string of the molecule is NCCNc1nc(Cc2cc(-c3csc4c(=O)cc(N5CCOCC5)sc34)cs2)c(C(N)=O)c2nccn12. The Hall–Kier alpha value is -3.36. The molecule has 1 aliphatic heterocycles. The van der Waals surface area contributed by atoms with Crippen molar-refractivity contribution in [3.8, 4) is 11.1 Å². The summed E-state index contributed by atoms with van der Waals surface area (Å²) in [6.07, 6.45) is 3.77. The van der Waals surface area contributed by atoms with E-state index in [2.05, 4.69) is 32.0 Å². The summed E-state index contributed by atoms with van der Waals surface area (Å²) in [5.41, 5.74) is 14.9. The Bertz CT molecular complexity index is 1700. The molecule has 0 saturated carbocycles. The van der Waals surface area contributed by atoms with Gasteiger partial charge in [-0.15, -0.1) is 34.0 Å². The van der Waals surface area contributed by atoms with E-state index in [1.54, 1.807) is 45.5 Å². The number of carbonyl (C=O) groups excluding carboxylic acids is 1. The third-order valence-corrected chi connectivity index (χ3v) is 9.63. The maximum Gasteiger partial charge on any atom is 0.254 e. The molecule has 0 aromatic carbocycles. The van der Waals surface area contributed by atoms with E-state index in [1.807, 2.05) is 0 Å². The normalized spacial score (nSPS) is 14.0. The first-order valence-electron chi connectivity index (χ1n) is 12.1. The molecule has 5 aromatic heterocycles. The lowest BCUT2D eigenvalue weighted by Gasteiger charge is -2.28. The number of rotatable bonds is 8. The van der Waals surface area contributed by atoms with Crippen molar-refractivity contribution in [3.63, 3.8) is 0 Å². The number of fused-ring (bicyclic) bond motifs is 2. The van der Waals surface area contributed by atoms with Crippen molar-refractivity contribution in [1.29, 1.82) is 0 Å². The Labute approximate surface area is 229 Å². The third-order valence-electron chi connectivity index (χ3n) is 6.36. The smallest absolute Gasteiger partial charge is 0.254 e. The standard InChI is InChI=1S/C25H25N7O3S3/c26-1-2-29-25-30-17(20(23(27)34)24-28-3-4-32(24)25)10-15-9-14(12-36-15)16-13-37-22-18(33)11-19(38-21(16)22)31-5-7-35-8-6-31/h3-4,9,11-13H,1-2,5-8,10,26H2,(H2,27,34)(H,29,30). The van der Waals surface area contributed by atoms with Gasteiger partial charge in [0, 0.05) is 66.9 Å². The molecule has 5 N–H and O–H groups in total. The second-order valence-electron chi connectivity index (χ2n) is 8.79. The molecule has 0 aliphatic carbocycles. The highest BCUT2D eigenvalue weighted by atomic mass is 32.1. The molecular weight excluding hydrogens is 543 g/mol. The van der Waals surface area contributed by atoms with Crippen LogP contribution in [0.3, 0.4) is 0 Å². The quantitative estimate of drug-likeness (QED) is 0.260. The Balaban J connectivity index is 1.36. The van der Waals surface area contributed by atoms with E-state index in [1.165, 1.54) is 11.3 Å². The van der Waals surface area contributed by atoms with Gasteiger partial charge in [-0.25, -0.2) is 9.97 Å². The average molecular weight is 568 g/mol. The molecule has 10 nitrogen and oxygen atoms in total. The fourth-order valence-corrected chi connectivity index (χ4v) is 7.84. The zero-order valence-corrected chi connectivity index (χ0v) is 22.8. The van der Waals surface area contributed by atoms with Gasteiger partial charge in [-0.05, 0) is 17.0 Å². The van der Waals surface area contributed by atoms with Crippen LogP contribution >= 0.6 is 34.0 Å².